The van der Waals surface area contributed by atoms with Gasteiger partial charge in [-0.2, -0.15) is 0 Å². The molecule has 1 aromatic carbocycles. The third-order valence-electron chi connectivity index (χ3n) is 11.3. The van der Waals surface area contributed by atoms with Crippen molar-refractivity contribution in [2.75, 3.05) is 20.1 Å². The first kappa shape index (κ1) is 44.2. The number of hydrogen-bond donors (Lipinski definition) is 1. The van der Waals surface area contributed by atoms with Crippen molar-refractivity contribution in [1.82, 2.24) is 20.0 Å². The Bertz CT molecular complexity index is 1330. The number of amides is 3. The summed E-state index contributed by atoms with van der Waals surface area (Å²) in [7, 11) is 1.76. The van der Waals surface area contributed by atoms with E-state index in [1.165, 1.54) is 32.1 Å². The number of esters is 1. The molecule has 2 aliphatic rings. The molecule has 5 atom stereocenters. The Kier molecular flexibility index (Phi) is 18.5. The van der Waals surface area contributed by atoms with E-state index >= 15 is 0 Å². The van der Waals surface area contributed by atoms with Gasteiger partial charge in [-0.1, -0.05) is 116 Å². The van der Waals surface area contributed by atoms with Crippen molar-refractivity contribution < 1.29 is 23.9 Å². The molecule has 2 heterocycles. The molecule has 53 heavy (non-hydrogen) atoms. The minimum Gasteiger partial charge on any atom is -0.456 e. The molecule has 0 saturated carbocycles. The lowest BCUT2D eigenvalue weighted by Gasteiger charge is -2.39. The summed E-state index contributed by atoms with van der Waals surface area (Å²) >= 11 is 0. The van der Waals surface area contributed by atoms with Gasteiger partial charge in [0.25, 0.3) is 0 Å². The normalized spacial score (nSPS) is 20.1. The van der Waals surface area contributed by atoms with Gasteiger partial charge in [-0.05, 0) is 83.2 Å². The molecule has 1 N–H and O–H groups in total. The zero-order valence-corrected chi connectivity index (χ0v) is 34.6. The summed E-state index contributed by atoms with van der Waals surface area (Å²) in [6, 6.07) is 8.22. The van der Waals surface area contributed by atoms with Crippen molar-refractivity contribution in [2.24, 2.45) is 11.8 Å². The van der Waals surface area contributed by atoms with Gasteiger partial charge in [-0.3, -0.25) is 19.3 Å². The van der Waals surface area contributed by atoms with Crippen molar-refractivity contribution in [3.05, 3.63) is 47.5 Å². The Morgan fingerprint density at radius 3 is 2.11 bits per heavy atom. The first-order valence-electron chi connectivity index (χ1n) is 20.9. The number of likely N-dealkylation sites (tertiary alicyclic amines) is 2. The number of nitrogens with one attached hydrogen (secondary N) is 1. The maximum absolute atomic E-state index is 14.1. The van der Waals surface area contributed by atoms with Gasteiger partial charge in [0.1, 0.15) is 18.2 Å². The van der Waals surface area contributed by atoms with Crippen molar-refractivity contribution in [3.8, 4) is 0 Å². The monoisotopic (exact) mass is 737 g/mol. The highest BCUT2D eigenvalue weighted by Crippen LogP contribution is 2.29. The Morgan fingerprint density at radius 2 is 1.49 bits per heavy atom. The van der Waals surface area contributed by atoms with Crippen LogP contribution < -0.4 is 5.32 Å². The number of carbonyl (C=O) groups excluding carboxylic acids is 4. The van der Waals surface area contributed by atoms with Gasteiger partial charge < -0.3 is 19.9 Å². The summed E-state index contributed by atoms with van der Waals surface area (Å²) in [4.78, 5) is 61.1. The minimum absolute atomic E-state index is 0.00241. The van der Waals surface area contributed by atoms with E-state index in [0.717, 1.165) is 57.1 Å². The lowest BCUT2D eigenvalue weighted by Crippen LogP contribution is -2.58. The average molecular weight is 737 g/mol. The van der Waals surface area contributed by atoms with E-state index in [0.29, 0.717) is 18.5 Å². The number of hydrogen-bond acceptors (Lipinski definition) is 6. The minimum atomic E-state index is -0.689. The fourth-order valence-corrected chi connectivity index (χ4v) is 8.01. The van der Waals surface area contributed by atoms with Crippen LogP contribution in [0.5, 0.6) is 0 Å². The summed E-state index contributed by atoms with van der Waals surface area (Å²) in [5.41, 5.74) is 1.48. The Balaban J connectivity index is 1.70. The number of nitrogens with zero attached hydrogens (tertiary/aromatic N) is 3. The fourth-order valence-electron chi connectivity index (χ4n) is 8.01. The van der Waals surface area contributed by atoms with Crippen LogP contribution in [0.3, 0.4) is 0 Å². The second kappa shape index (κ2) is 22.2. The molecule has 0 bridgehead atoms. The van der Waals surface area contributed by atoms with Gasteiger partial charge in [-0.25, -0.2) is 4.79 Å². The van der Waals surface area contributed by atoms with Crippen molar-refractivity contribution in [1.29, 1.82) is 0 Å². The van der Waals surface area contributed by atoms with Gasteiger partial charge in [0, 0.05) is 25.2 Å². The molecular formula is C44H72N4O5. The summed E-state index contributed by atoms with van der Waals surface area (Å²) in [6.07, 6.45) is 14.7. The molecule has 9 heteroatoms. The van der Waals surface area contributed by atoms with Gasteiger partial charge in [0.2, 0.25) is 17.7 Å². The summed E-state index contributed by atoms with van der Waals surface area (Å²) in [6.45, 7) is 17.5. The molecule has 9 nitrogen and oxygen atoms in total. The molecule has 2 aliphatic heterocycles. The van der Waals surface area contributed by atoms with Crippen LogP contribution >= 0.6 is 0 Å². The van der Waals surface area contributed by atoms with E-state index in [9.17, 15) is 19.2 Å². The van der Waals surface area contributed by atoms with Crippen molar-refractivity contribution in [2.45, 2.75) is 175 Å². The molecule has 2 saturated heterocycles. The number of likely N-dealkylation sites (N-methyl/N-ethyl adjacent to an activating group) is 1. The largest absolute Gasteiger partial charge is 0.456 e. The van der Waals surface area contributed by atoms with E-state index < -0.39 is 12.1 Å². The van der Waals surface area contributed by atoms with E-state index in [4.69, 9.17) is 4.74 Å². The quantitative estimate of drug-likeness (QED) is 0.0823. The molecule has 3 amide bonds. The molecule has 298 valence electrons. The van der Waals surface area contributed by atoms with Crippen LogP contribution in [-0.2, 0) is 23.9 Å². The second-order valence-electron chi connectivity index (χ2n) is 16.5. The van der Waals surface area contributed by atoms with Crippen LogP contribution in [0.25, 0.3) is 0 Å². The molecule has 3 rings (SSSR count). The van der Waals surface area contributed by atoms with E-state index in [2.05, 4.69) is 31.0 Å². The molecule has 0 radical (unpaired) electrons. The number of ether oxygens (including phenoxy) is 1. The summed E-state index contributed by atoms with van der Waals surface area (Å²) in [5.74, 6) is -0.942. The van der Waals surface area contributed by atoms with Gasteiger partial charge in [-0.15, -0.1) is 0 Å². The average Bonchev–Trinajstić information content (AvgIpc) is 3.64. The predicted molar refractivity (Wildman–Crippen MR) is 214 cm³/mol. The van der Waals surface area contributed by atoms with Crippen LogP contribution in [-0.4, -0.2) is 88.7 Å². The molecular weight excluding hydrogens is 665 g/mol. The maximum atomic E-state index is 14.1. The molecule has 0 aliphatic carbocycles. The van der Waals surface area contributed by atoms with Crippen LogP contribution in [0.2, 0.25) is 0 Å². The Morgan fingerprint density at radius 1 is 0.849 bits per heavy atom. The highest BCUT2D eigenvalue weighted by molar-refractivity contribution is 5.96. The molecule has 0 aromatic heterocycles. The SMILES string of the molecule is CCCCCCCCCC(OC(=O)[C@@H]1CCCN1C(=O)C(C)=C[C@H](C(C)C)N(C)C(=O)[C@@H](NC(=O)[C@H]1CCCCN1C(C)C)C(C)C)c1ccccc1. The van der Waals surface area contributed by atoms with Crippen molar-refractivity contribution in [3.63, 3.8) is 0 Å². The summed E-state index contributed by atoms with van der Waals surface area (Å²) in [5, 5.41) is 3.12. The number of rotatable bonds is 20. The highest BCUT2D eigenvalue weighted by Gasteiger charge is 2.39. The smallest absolute Gasteiger partial charge is 0.329 e. The first-order valence-corrected chi connectivity index (χ1v) is 20.9. The molecule has 2 fully saturated rings. The first-order chi connectivity index (χ1) is 25.3. The fraction of sp³-hybridized carbons (Fsp3) is 0.727. The van der Waals surface area contributed by atoms with Gasteiger partial charge in [0.15, 0.2) is 0 Å². The third-order valence-corrected chi connectivity index (χ3v) is 11.3. The lowest BCUT2D eigenvalue weighted by molar-refractivity contribution is -0.158. The predicted octanol–water partition coefficient (Wildman–Crippen LogP) is 8.24. The van der Waals surface area contributed by atoms with Crippen molar-refractivity contribution >= 4 is 23.7 Å². The number of carbonyl (C=O) groups is 4. The topological polar surface area (TPSA) is 99.3 Å². The van der Waals surface area contributed by atoms with Crippen LogP contribution in [0.4, 0.5) is 0 Å². The number of unbranched alkanes of at least 4 members (excludes halogenated alkanes) is 6. The Labute approximate surface area is 321 Å². The maximum Gasteiger partial charge on any atom is 0.329 e. The van der Waals surface area contributed by atoms with E-state index in [1.807, 2.05) is 64.1 Å². The van der Waals surface area contributed by atoms with Crippen LogP contribution in [0.1, 0.15) is 151 Å². The van der Waals surface area contributed by atoms with E-state index in [-0.39, 0.29) is 59.8 Å². The third kappa shape index (κ3) is 13.0. The van der Waals surface area contributed by atoms with Crippen LogP contribution in [0, 0.1) is 11.8 Å². The lowest BCUT2D eigenvalue weighted by atomic mass is 9.95. The zero-order valence-electron chi connectivity index (χ0n) is 34.6. The second-order valence-corrected chi connectivity index (χ2v) is 16.5. The zero-order chi connectivity index (χ0) is 39.1. The Hall–Kier alpha value is -3.20. The standard InChI is InChI=1S/C44H72N4O5/c1-10-11-12-13-14-15-19-27-39(35-23-17-16-18-24-35)53-44(52)37-26-22-29-48(37)42(50)34(8)30-38(31(2)3)46(9)43(51)40(32(4)5)45-41(49)36-25-20-21-28-47(36)33(6)7/h16-18,23-24,30-33,36-40H,10-15,19-22,25-29H2,1-9H3,(H,45,49)/t36-,37+,38-,39?,40+/m1/s1. The van der Waals surface area contributed by atoms with Gasteiger partial charge >= 0.3 is 5.97 Å². The van der Waals surface area contributed by atoms with Crippen LogP contribution in [0.15, 0.2) is 42.0 Å². The number of piperidine rings is 1. The highest BCUT2D eigenvalue weighted by atomic mass is 16.5. The van der Waals surface area contributed by atoms with Gasteiger partial charge in [0.05, 0.1) is 12.1 Å². The molecule has 1 unspecified atom stereocenters. The van der Waals surface area contributed by atoms with E-state index in [1.54, 1.807) is 23.8 Å². The summed E-state index contributed by atoms with van der Waals surface area (Å²) < 4.78 is 6.22. The number of benzene rings is 1. The molecule has 0 spiro atoms. The molecule has 1 aromatic rings.